The second-order valence-electron chi connectivity index (χ2n) is 9.92. The molecule has 1 aliphatic rings. The van der Waals surface area contributed by atoms with Crippen molar-refractivity contribution >= 4 is 50.7 Å². The molecule has 1 fully saturated rings. The van der Waals surface area contributed by atoms with E-state index < -0.39 is 28.5 Å². The number of halogens is 2. The van der Waals surface area contributed by atoms with E-state index in [1.165, 1.54) is 4.90 Å². The van der Waals surface area contributed by atoms with Crippen molar-refractivity contribution in [1.82, 2.24) is 10.2 Å². The third-order valence-electron chi connectivity index (χ3n) is 6.71. The molecule has 0 spiro atoms. The lowest BCUT2D eigenvalue weighted by Crippen LogP contribution is -2.52. The van der Waals surface area contributed by atoms with Crippen LogP contribution in [0.4, 0.5) is 5.69 Å². The Morgan fingerprint density at radius 3 is 2.27 bits per heavy atom. The predicted octanol–water partition coefficient (Wildman–Crippen LogP) is 5.36. The number of rotatable bonds is 10. The highest BCUT2D eigenvalue weighted by Crippen LogP contribution is 2.30. The van der Waals surface area contributed by atoms with E-state index in [9.17, 15) is 18.0 Å². The Hall–Kier alpha value is -2.29. The van der Waals surface area contributed by atoms with E-state index in [0.717, 1.165) is 41.8 Å². The Balaban J connectivity index is 1.94. The van der Waals surface area contributed by atoms with Crippen LogP contribution in [0.25, 0.3) is 0 Å². The molecule has 0 radical (unpaired) electrons. The second kappa shape index (κ2) is 12.5. The highest BCUT2D eigenvalue weighted by atomic mass is 35.5. The first-order valence-corrected chi connectivity index (χ1v) is 15.1. The number of carbonyl (C=O) groups is 2. The lowest BCUT2D eigenvalue weighted by atomic mass is 10.0. The Bertz CT molecular complexity index is 1230. The summed E-state index contributed by atoms with van der Waals surface area (Å²) >= 11 is 12.3. The molecule has 1 saturated carbocycles. The van der Waals surface area contributed by atoms with E-state index in [2.05, 4.69) is 5.32 Å². The van der Waals surface area contributed by atoms with Crippen molar-refractivity contribution in [2.75, 3.05) is 17.1 Å². The summed E-state index contributed by atoms with van der Waals surface area (Å²) < 4.78 is 26.9. The van der Waals surface area contributed by atoms with Crippen molar-refractivity contribution in [2.24, 2.45) is 0 Å². The van der Waals surface area contributed by atoms with Gasteiger partial charge in [0.15, 0.2) is 0 Å². The Labute approximate surface area is 230 Å². The largest absolute Gasteiger partial charge is 0.352 e. The number of para-hydroxylation sites is 1. The van der Waals surface area contributed by atoms with E-state index in [1.807, 2.05) is 26.0 Å². The van der Waals surface area contributed by atoms with E-state index in [-0.39, 0.29) is 24.4 Å². The Morgan fingerprint density at radius 1 is 1.03 bits per heavy atom. The third-order valence-corrected chi connectivity index (χ3v) is 8.58. The van der Waals surface area contributed by atoms with Gasteiger partial charge in [-0.25, -0.2) is 8.42 Å². The fourth-order valence-corrected chi connectivity index (χ4v) is 5.80. The zero-order valence-corrected chi connectivity index (χ0v) is 24.0. The Morgan fingerprint density at radius 2 is 1.68 bits per heavy atom. The van der Waals surface area contributed by atoms with Crippen molar-refractivity contribution in [3.05, 3.63) is 63.6 Å². The molecule has 2 amide bonds. The van der Waals surface area contributed by atoms with Gasteiger partial charge in [-0.3, -0.25) is 13.9 Å². The molecule has 1 N–H and O–H groups in total. The molecule has 0 bridgehead atoms. The average molecular weight is 569 g/mol. The first-order chi connectivity index (χ1) is 17.4. The van der Waals surface area contributed by atoms with Crippen molar-refractivity contribution in [1.29, 1.82) is 0 Å². The molecule has 0 unspecified atom stereocenters. The lowest BCUT2D eigenvalue weighted by Gasteiger charge is -2.33. The van der Waals surface area contributed by atoms with Gasteiger partial charge in [-0.05, 0) is 55.0 Å². The molecule has 0 aromatic heterocycles. The van der Waals surface area contributed by atoms with Gasteiger partial charge in [0, 0.05) is 12.6 Å². The maximum Gasteiger partial charge on any atom is 0.244 e. The minimum atomic E-state index is -3.81. The molecule has 202 valence electrons. The van der Waals surface area contributed by atoms with Gasteiger partial charge in [0.05, 0.1) is 22.0 Å². The monoisotopic (exact) mass is 567 g/mol. The fraction of sp³-hybridized carbons (Fsp3) is 0.481. The molecule has 0 saturated heterocycles. The Kier molecular flexibility index (Phi) is 9.89. The molecule has 2 aromatic carbocycles. The average Bonchev–Trinajstić information content (AvgIpc) is 3.34. The minimum Gasteiger partial charge on any atom is -0.352 e. The number of sulfonamides is 1. The van der Waals surface area contributed by atoms with Crippen LogP contribution >= 0.6 is 23.2 Å². The predicted molar refractivity (Wildman–Crippen MR) is 150 cm³/mol. The molecule has 0 heterocycles. The number of nitrogens with one attached hydrogen (secondary N) is 1. The SMILES string of the molecule is CC(C)c1ccccc1N(CC(=O)N(Cc1ccc(Cl)c(Cl)c1)[C@@H](C)C(=O)NC1CCCC1)S(C)(=O)=O. The number of nitrogens with zero attached hydrogens (tertiary/aromatic N) is 2. The maximum atomic E-state index is 13.8. The highest BCUT2D eigenvalue weighted by molar-refractivity contribution is 7.92. The summed E-state index contributed by atoms with van der Waals surface area (Å²) in [6, 6.07) is 11.4. The van der Waals surface area contributed by atoms with E-state index in [4.69, 9.17) is 23.2 Å². The summed E-state index contributed by atoms with van der Waals surface area (Å²) in [5, 5.41) is 3.76. The van der Waals surface area contributed by atoms with Gasteiger partial charge in [0.25, 0.3) is 0 Å². The van der Waals surface area contributed by atoms with E-state index in [1.54, 1.807) is 37.3 Å². The van der Waals surface area contributed by atoms with E-state index >= 15 is 0 Å². The fourth-order valence-electron chi connectivity index (χ4n) is 4.61. The standard InChI is InChI=1S/C27H35Cl2N3O4S/c1-18(2)22-11-7-8-12-25(22)32(37(4,35)36)17-26(33)31(16-20-13-14-23(28)24(29)15-20)19(3)27(34)30-21-9-5-6-10-21/h7-8,11-15,18-19,21H,5-6,9-10,16-17H2,1-4H3,(H,30,34)/t19-/m0/s1. The van der Waals surface area contributed by atoms with Crippen LogP contribution in [0.1, 0.15) is 63.5 Å². The van der Waals surface area contributed by atoms with Crippen LogP contribution < -0.4 is 9.62 Å². The summed E-state index contributed by atoms with van der Waals surface area (Å²) in [4.78, 5) is 28.3. The second-order valence-corrected chi connectivity index (χ2v) is 12.6. The molecule has 0 aliphatic heterocycles. The quantitative estimate of drug-likeness (QED) is 0.418. The van der Waals surface area contributed by atoms with Crippen molar-refractivity contribution in [3.8, 4) is 0 Å². The number of anilines is 1. The van der Waals surface area contributed by atoms with Gasteiger partial charge in [0.1, 0.15) is 12.6 Å². The topological polar surface area (TPSA) is 86.8 Å². The molecular formula is C27H35Cl2N3O4S. The molecule has 1 atom stereocenters. The molecule has 10 heteroatoms. The molecule has 1 aliphatic carbocycles. The molecule has 3 rings (SSSR count). The zero-order chi connectivity index (χ0) is 27.3. The van der Waals surface area contributed by atoms with Gasteiger partial charge in [-0.15, -0.1) is 0 Å². The van der Waals surface area contributed by atoms with Crippen LogP contribution in [0.5, 0.6) is 0 Å². The summed E-state index contributed by atoms with van der Waals surface area (Å²) in [7, 11) is -3.81. The normalized spacial score (nSPS) is 15.0. The minimum absolute atomic E-state index is 0.0407. The first-order valence-electron chi connectivity index (χ1n) is 12.5. The van der Waals surface area contributed by atoms with Crippen molar-refractivity contribution < 1.29 is 18.0 Å². The van der Waals surface area contributed by atoms with Crippen LogP contribution in [-0.2, 0) is 26.2 Å². The van der Waals surface area contributed by atoms with Gasteiger partial charge in [-0.2, -0.15) is 0 Å². The molecular weight excluding hydrogens is 533 g/mol. The van der Waals surface area contributed by atoms with Gasteiger partial charge >= 0.3 is 0 Å². The highest BCUT2D eigenvalue weighted by Gasteiger charge is 2.32. The number of hydrogen-bond donors (Lipinski definition) is 1. The maximum absolute atomic E-state index is 13.8. The van der Waals surface area contributed by atoms with Gasteiger partial charge in [-0.1, -0.05) is 74.2 Å². The van der Waals surface area contributed by atoms with Crippen LogP contribution in [0.2, 0.25) is 10.0 Å². The third kappa shape index (κ3) is 7.62. The van der Waals surface area contributed by atoms with Crippen LogP contribution in [0.15, 0.2) is 42.5 Å². The van der Waals surface area contributed by atoms with Crippen LogP contribution in [0.3, 0.4) is 0 Å². The van der Waals surface area contributed by atoms with Gasteiger partial charge < -0.3 is 10.2 Å². The number of amides is 2. The number of hydrogen-bond acceptors (Lipinski definition) is 4. The van der Waals surface area contributed by atoms with Crippen LogP contribution in [-0.4, -0.2) is 50.0 Å². The summed E-state index contributed by atoms with van der Waals surface area (Å²) in [5.74, 6) is -0.725. The number of carbonyl (C=O) groups excluding carboxylic acids is 2. The number of benzene rings is 2. The summed E-state index contributed by atoms with van der Waals surface area (Å²) in [5.41, 5.74) is 1.94. The molecule has 37 heavy (non-hydrogen) atoms. The van der Waals surface area contributed by atoms with E-state index in [0.29, 0.717) is 21.3 Å². The summed E-state index contributed by atoms with van der Waals surface area (Å²) in [6.07, 6.45) is 5.02. The van der Waals surface area contributed by atoms with Gasteiger partial charge in [0.2, 0.25) is 21.8 Å². The van der Waals surface area contributed by atoms with Crippen molar-refractivity contribution in [3.63, 3.8) is 0 Å². The molecule has 2 aromatic rings. The molecule has 7 nitrogen and oxygen atoms in total. The van der Waals surface area contributed by atoms with Crippen LogP contribution in [0, 0.1) is 0 Å². The zero-order valence-electron chi connectivity index (χ0n) is 21.7. The van der Waals surface area contributed by atoms with Crippen molar-refractivity contribution in [2.45, 2.75) is 71.0 Å². The first kappa shape index (κ1) is 29.3. The smallest absolute Gasteiger partial charge is 0.244 e. The summed E-state index contributed by atoms with van der Waals surface area (Å²) in [6.45, 7) is 5.22. The lowest BCUT2D eigenvalue weighted by molar-refractivity contribution is -0.139.